The molecule has 0 unspecified atom stereocenters. The number of carbonyl (C=O) groups is 3. The minimum Gasteiger partial charge on any atom is -0.484 e. The van der Waals surface area contributed by atoms with E-state index in [4.69, 9.17) is 4.74 Å². The van der Waals surface area contributed by atoms with Gasteiger partial charge < -0.3 is 15.2 Å². The van der Waals surface area contributed by atoms with E-state index in [-0.39, 0.29) is 13.0 Å². The summed E-state index contributed by atoms with van der Waals surface area (Å²) in [4.78, 5) is 36.4. The molecule has 0 aliphatic rings. The van der Waals surface area contributed by atoms with E-state index in [1.54, 1.807) is 24.3 Å². The third-order valence-electron chi connectivity index (χ3n) is 4.86. The maximum absolute atomic E-state index is 12.5. The SMILES string of the molecule is C[C@@H](NC(=O)COc1ccccc1)C(=O)S[C@H](Cc1ccc(-c2ccccc2)cc1)C(=O)O. The van der Waals surface area contributed by atoms with E-state index in [0.29, 0.717) is 5.75 Å². The predicted molar refractivity (Wildman–Crippen MR) is 129 cm³/mol. The number of thioether (sulfide) groups is 1. The number of hydrogen-bond donors (Lipinski definition) is 2. The van der Waals surface area contributed by atoms with E-state index in [9.17, 15) is 19.5 Å². The van der Waals surface area contributed by atoms with Crippen molar-refractivity contribution in [2.75, 3.05) is 6.61 Å². The Kier molecular flexibility index (Phi) is 8.66. The summed E-state index contributed by atoms with van der Waals surface area (Å²) < 4.78 is 5.36. The molecule has 3 aromatic carbocycles. The van der Waals surface area contributed by atoms with Gasteiger partial charge in [0.05, 0.1) is 6.04 Å². The van der Waals surface area contributed by atoms with Crippen LogP contribution in [-0.2, 0) is 20.8 Å². The molecule has 2 N–H and O–H groups in total. The van der Waals surface area contributed by atoms with Crippen molar-refractivity contribution in [3.63, 3.8) is 0 Å². The van der Waals surface area contributed by atoms with Crippen LogP contribution in [0.5, 0.6) is 5.75 Å². The van der Waals surface area contributed by atoms with Gasteiger partial charge in [-0.15, -0.1) is 0 Å². The molecule has 0 bridgehead atoms. The van der Waals surface area contributed by atoms with Crippen LogP contribution in [0.15, 0.2) is 84.9 Å². The molecule has 0 aliphatic heterocycles. The van der Waals surface area contributed by atoms with Crippen LogP contribution in [-0.4, -0.2) is 40.0 Å². The zero-order valence-electron chi connectivity index (χ0n) is 18.1. The molecule has 0 aliphatic carbocycles. The Morgan fingerprint density at radius 2 is 1.45 bits per heavy atom. The summed E-state index contributed by atoms with van der Waals surface area (Å²) in [7, 11) is 0. The maximum Gasteiger partial charge on any atom is 0.317 e. The Bertz CT molecular complexity index is 1070. The van der Waals surface area contributed by atoms with Crippen LogP contribution in [0.4, 0.5) is 0 Å². The van der Waals surface area contributed by atoms with Crippen molar-refractivity contribution in [2.24, 2.45) is 0 Å². The second-order valence-electron chi connectivity index (χ2n) is 7.42. The van der Waals surface area contributed by atoms with Crippen molar-refractivity contribution in [1.29, 1.82) is 0 Å². The molecule has 2 atom stereocenters. The van der Waals surface area contributed by atoms with Gasteiger partial charge in [-0.25, -0.2) is 0 Å². The number of para-hydroxylation sites is 1. The molecule has 0 saturated carbocycles. The fourth-order valence-electron chi connectivity index (χ4n) is 3.11. The molecule has 6 nitrogen and oxygen atoms in total. The minimum atomic E-state index is -1.08. The third-order valence-corrected chi connectivity index (χ3v) is 6.10. The fourth-order valence-corrected chi connectivity index (χ4v) is 4.03. The number of hydrogen-bond acceptors (Lipinski definition) is 5. The molecule has 3 aromatic rings. The fraction of sp³-hybridized carbons (Fsp3) is 0.192. The number of rotatable bonds is 10. The normalized spacial score (nSPS) is 12.4. The lowest BCUT2D eigenvalue weighted by Crippen LogP contribution is -2.41. The first-order chi connectivity index (χ1) is 15.9. The zero-order valence-corrected chi connectivity index (χ0v) is 19.0. The maximum atomic E-state index is 12.5. The van der Waals surface area contributed by atoms with Gasteiger partial charge in [0.2, 0.25) is 5.12 Å². The van der Waals surface area contributed by atoms with Crippen molar-refractivity contribution >= 4 is 28.8 Å². The highest BCUT2D eigenvalue weighted by Crippen LogP contribution is 2.23. The number of carbonyl (C=O) groups excluding carboxylic acids is 2. The monoisotopic (exact) mass is 463 g/mol. The van der Waals surface area contributed by atoms with Gasteiger partial charge in [0, 0.05) is 0 Å². The summed E-state index contributed by atoms with van der Waals surface area (Å²) >= 11 is 0.719. The number of nitrogens with one attached hydrogen (secondary N) is 1. The summed E-state index contributed by atoms with van der Waals surface area (Å²) in [5, 5.41) is 10.8. The van der Waals surface area contributed by atoms with E-state index in [1.165, 1.54) is 6.92 Å². The molecule has 3 rings (SSSR count). The molecule has 7 heteroatoms. The number of benzene rings is 3. The van der Waals surface area contributed by atoms with E-state index < -0.39 is 28.3 Å². The van der Waals surface area contributed by atoms with Gasteiger partial charge in [0.15, 0.2) is 6.61 Å². The lowest BCUT2D eigenvalue weighted by Gasteiger charge is -2.16. The zero-order chi connectivity index (χ0) is 23.6. The minimum absolute atomic E-state index is 0.193. The molecular weight excluding hydrogens is 438 g/mol. The first-order valence-corrected chi connectivity index (χ1v) is 11.3. The lowest BCUT2D eigenvalue weighted by molar-refractivity contribution is -0.136. The van der Waals surface area contributed by atoms with Crippen molar-refractivity contribution < 1.29 is 24.2 Å². The van der Waals surface area contributed by atoms with Crippen LogP contribution in [0.1, 0.15) is 12.5 Å². The summed E-state index contributed by atoms with van der Waals surface area (Å²) in [6, 6.07) is 25.5. The van der Waals surface area contributed by atoms with Crippen LogP contribution in [0.2, 0.25) is 0 Å². The molecule has 0 fully saturated rings. The predicted octanol–water partition coefficient (Wildman–Crippen LogP) is 4.19. The summed E-state index contributed by atoms with van der Waals surface area (Å²) in [6.45, 7) is 1.30. The highest BCUT2D eigenvalue weighted by molar-refractivity contribution is 8.14. The lowest BCUT2D eigenvalue weighted by atomic mass is 10.0. The number of ether oxygens (including phenoxy) is 1. The Balaban J connectivity index is 1.52. The van der Waals surface area contributed by atoms with Crippen LogP contribution in [0.3, 0.4) is 0 Å². The Hall–Kier alpha value is -3.58. The van der Waals surface area contributed by atoms with Crippen molar-refractivity contribution in [3.8, 4) is 16.9 Å². The van der Waals surface area contributed by atoms with Crippen molar-refractivity contribution in [1.82, 2.24) is 5.32 Å². The standard InChI is InChI=1S/C26H25NO5S/c1-18(27-24(28)17-32-22-10-6-3-7-11-22)26(31)33-23(25(29)30)16-19-12-14-21(15-13-19)20-8-4-2-5-9-20/h2-15,18,23H,16-17H2,1H3,(H,27,28)(H,29,30)/t18-,23-/m1/s1. The van der Waals surface area contributed by atoms with Gasteiger partial charge in [-0.05, 0) is 42.2 Å². The van der Waals surface area contributed by atoms with Gasteiger partial charge >= 0.3 is 5.97 Å². The summed E-state index contributed by atoms with van der Waals surface area (Å²) in [6.07, 6.45) is 0.193. The average Bonchev–Trinajstić information content (AvgIpc) is 2.84. The molecule has 0 saturated heterocycles. The van der Waals surface area contributed by atoms with Crippen LogP contribution in [0.25, 0.3) is 11.1 Å². The molecule has 170 valence electrons. The highest BCUT2D eigenvalue weighted by atomic mass is 32.2. The van der Waals surface area contributed by atoms with Gasteiger partial charge in [-0.1, -0.05) is 84.6 Å². The van der Waals surface area contributed by atoms with Crippen LogP contribution >= 0.6 is 11.8 Å². The van der Waals surface area contributed by atoms with Crippen molar-refractivity contribution in [2.45, 2.75) is 24.6 Å². The second kappa shape index (κ2) is 11.9. The quantitative estimate of drug-likeness (QED) is 0.468. The van der Waals surface area contributed by atoms with Crippen molar-refractivity contribution in [3.05, 3.63) is 90.5 Å². The van der Waals surface area contributed by atoms with Crippen LogP contribution in [0, 0.1) is 0 Å². The molecule has 0 heterocycles. The third kappa shape index (κ3) is 7.50. The number of aliphatic carboxylic acids is 1. The Morgan fingerprint density at radius 3 is 2.06 bits per heavy atom. The summed E-state index contributed by atoms with van der Waals surface area (Å²) in [5.41, 5.74) is 2.92. The van der Waals surface area contributed by atoms with E-state index in [2.05, 4.69) is 5.32 Å². The first-order valence-electron chi connectivity index (χ1n) is 10.5. The van der Waals surface area contributed by atoms with E-state index >= 15 is 0 Å². The Morgan fingerprint density at radius 1 is 0.879 bits per heavy atom. The topological polar surface area (TPSA) is 92.7 Å². The first kappa shape index (κ1) is 24.1. The van der Waals surface area contributed by atoms with Gasteiger partial charge in [0.1, 0.15) is 11.0 Å². The van der Waals surface area contributed by atoms with E-state index in [1.807, 2.05) is 60.7 Å². The average molecular weight is 464 g/mol. The Labute approximate surface area is 197 Å². The molecule has 1 amide bonds. The molecule has 0 aromatic heterocycles. The van der Waals surface area contributed by atoms with Gasteiger partial charge in [-0.2, -0.15) is 0 Å². The summed E-state index contributed by atoms with van der Waals surface area (Å²) in [5.74, 6) is -0.986. The molecule has 0 spiro atoms. The number of amides is 1. The number of carboxylic acids is 1. The molecule has 0 radical (unpaired) electrons. The molecular formula is C26H25NO5S. The van der Waals surface area contributed by atoms with Gasteiger partial charge in [0.25, 0.3) is 5.91 Å². The molecule has 33 heavy (non-hydrogen) atoms. The highest BCUT2D eigenvalue weighted by Gasteiger charge is 2.26. The smallest absolute Gasteiger partial charge is 0.317 e. The van der Waals surface area contributed by atoms with E-state index in [0.717, 1.165) is 28.5 Å². The largest absolute Gasteiger partial charge is 0.484 e. The second-order valence-corrected chi connectivity index (χ2v) is 8.63. The number of carboxylic acid groups (broad SMARTS) is 1. The van der Waals surface area contributed by atoms with Gasteiger partial charge in [-0.3, -0.25) is 14.4 Å². The van der Waals surface area contributed by atoms with Crippen LogP contribution < -0.4 is 10.1 Å².